The second-order valence-corrected chi connectivity index (χ2v) is 4.91. The number of benzene rings is 2. The molecule has 2 aromatic carbocycles. The van der Waals surface area contributed by atoms with Gasteiger partial charge in [-0.1, -0.05) is 31.2 Å². The zero-order valence-corrected chi connectivity index (χ0v) is 11.2. The summed E-state index contributed by atoms with van der Waals surface area (Å²) in [4.78, 5) is 0. The third-order valence-electron chi connectivity index (χ3n) is 3.57. The quantitative estimate of drug-likeness (QED) is 0.902. The van der Waals surface area contributed by atoms with Crippen molar-refractivity contribution in [3.05, 3.63) is 71.0 Å². The molecule has 0 radical (unpaired) electrons. The van der Waals surface area contributed by atoms with Gasteiger partial charge in [0.1, 0.15) is 5.82 Å². The van der Waals surface area contributed by atoms with Crippen molar-refractivity contribution in [1.29, 1.82) is 0 Å². The van der Waals surface area contributed by atoms with Gasteiger partial charge in [-0.25, -0.2) is 13.2 Å². The molecule has 2 aromatic rings. The molecule has 0 heterocycles. The second-order valence-electron chi connectivity index (χ2n) is 4.91. The smallest absolute Gasteiger partial charge is 0.162 e. The van der Waals surface area contributed by atoms with Gasteiger partial charge in [0, 0.05) is 5.54 Å². The highest BCUT2D eigenvalue weighted by molar-refractivity contribution is 5.29. The number of rotatable bonds is 4. The fourth-order valence-electron chi connectivity index (χ4n) is 2.25. The maximum atomic E-state index is 13.8. The van der Waals surface area contributed by atoms with Crippen LogP contribution in [-0.4, -0.2) is 0 Å². The van der Waals surface area contributed by atoms with Crippen LogP contribution in [0.15, 0.2) is 42.5 Å². The first-order chi connectivity index (χ1) is 9.46. The van der Waals surface area contributed by atoms with Crippen LogP contribution in [0.25, 0.3) is 0 Å². The molecule has 0 spiro atoms. The molecule has 0 saturated heterocycles. The van der Waals surface area contributed by atoms with Crippen molar-refractivity contribution in [3.63, 3.8) is 0 Å². The lowest BCUT2D eigenvalue weighted by Crippen LogP contribution is -2.38. The van der Waals surface area contributed by atoms with Gasteiger partial charge in [0.15, 0.2) is 11.6 Å². The molecule has 0 aliphatic rings. The van der Waals surface area contributed by atoms with E-state index in [1.165, 1.54) is 24.3 Å². The lowest BCUT2D eigenvalue weighted by molar-refractivity contribution is 0.406. The molecule has 0 fully saturated rings. The zero-order valence-electron chi connectivity index (χ0n) is 11.2. The van der Waals surface area contributed by atoms with Crippen LogP contribution in [0, 0.1) is 17.5 Å². The van der Waals surface area contributed by atoms with Crippen LogP contribution in [0.2, 0.25) is 0 Å². The summed E-state index contributed by atoms with van der Waals surface area (Å²) in [5.74, 6) is -2.20. The van der Waals surface area contributed by atoms with E-state index in [1.54, 1.807) is 12.1 Å². The SMILES string of the molecule is CCC(N)(Cc1cccc(F)c1F)c1cccc(F)c1. The standard InChI is InChI=1S/C16H16F3N/c1-2-16(20,12-6-4-7-13(17)9-12)10-11-5-3-8-14(18)15(11)19/h3-9H,2,10,20H2,1H3. The predicted octanol–water partition coefficient (Wildman–Crippen LogP) is 3.91. The number of nitrogens with two attached hydrogens (primary N) is 1. The van der Waals surface area contributed by atoms with Crippen molar-refractivity contribution in [3.8, 4) is 0 Å². The van der Waals surface area contributed by atoms with Gasteiger partial charge in [0.2, 0.25) is 0 Å². The van der Waals surface area contributed by atoms with Crippen molar-refractivity contribution in [2.45, 2.75) is 25.3 Å². The Morgan fingerprint density at radius 2 is 1.75 bits per heavy atom. The fraction of sp³-hybridized carbons (Fsp3) is 0.250. The number of hydrogen-bond acceptors (Lipinski definition) is 1. The van der Waals surface area contributed by atoms with Gasteiger partial charge in [0.25, 0.3) is 0 Å². The van der Waals surface area contributed by atoms with E-state index in [0.717, 1.165) is 6.07 Å². The Balaban J connectivity index is 2.39. The van der Waals surface area contributed by atoms with Crippen molar-refractivity contribution in [2.24, 2.45) is 5.73 Å². The maximum Gasteiger partial charge on any atom is 0.162 e. The Labute approximate surface area is 116 Å². The first-order valence-corrected chi connectivity index (χ1v) is 6.44. The number of halogens is 3. The van der Waals surface area contributed by atoms with E-state index < -0.39 is 23.0 Å². The molecule has 0 bridgehead atoms. The average Bonchev–Trinajstić information content (AvgIpc) is 2.44. The van der Waals surface area contributed by atoms with Crippen molar-refractivity contribution < 1.29 is 13.2 Å². The minimum Gasteiger partial charge on any atom is -0.321 e. The summed E-state index contributed by atoms with van der Waals surface area (Å²) in [7, 11) is 0. The summed E-state index contributed by atoms with van der Waals surface area (Å²) in [6.07, 6.45) is 0.586. The van der Waals surface area contributed by atoms with Crippen molar-refractivity contribution in [2.75, 3.05) is 0 Å². The van der Waals surface area contributed by atoms with Gasteiger partial charge in [-0.2, -0.15) is 0 Å². The predicted molar refractivity (Wildman–Crippen MR) is 72.6 cm³/mol. The Morgan fingerprint density at radius 1 is 1.05 bits per heavy atom. The first kappa shape index (κ1) is 14.6. The van der Waals surface area contributed by atoms with E-state index in [4.69, 9.17) is 5.73 Å². The molecule has 1 nitrogen and oxygen atoms in total. The van der Waals surface area contributed by atoms with E-state index >= 15 is 0 Å². The molecule has 0 aliphatic heterocycles. The molecular weight excluding hydrogens is 263 g/mol. The molecule has 0 saturated carbocycles. The van der Waals surface area contributed by atoms with E-state index in [1.807, 2.05) is 6.92 Å². The van der Waals surface area contributed by atoms with E-state index in [-0.39, 0.29) is 12.0 Å². The molecule has 2 rings (SSSR count). The van der Waals surface area contributed by atoms with Gasteiger partial charge < -0.3 is 5.73 Å². The van der Waals surface area contributed by atoms with Gasteiger partial charge >= 0.3 is 0 Å². The van der Waals surface area contributed by atoms with Crippen LogP contribution < -0.4 is 5.73 Å². The van der Waals surface area contributed by atoms with E-state index in [9.17, 15) is 13.2 Å². The maximum absolute atomic E-state index is 13.8. The summed E-state index contributed by atoms with van der Waals surface area (Å²) in [6.45, 7) is 1.84. The largest absolute Gasteiger partial charge is 0.321 e. The minimum atomic E-state index is -0.934. The van der Waals surface area contributed by atoms with Gasteiger partial charge in [-0.05, 0) is 42.2 Å². The van der Waals surface area contributed by atoms with Gasteiger partial charge in [-0.3, -0.25) is 0 Å². The molecule has 2 N–H and O–H groups in total. The molecule has 20 heavy (non-hydrogen) atoms. The molecule has 1 atom stereocenters. The Morgan fingerprint density at radius 3 is 2.40 bits per heavy atom. The summed E-state index contributed by atoms with van der Waals surface area (Å²) in [5.41, 5.74) is 6.11. The third-order valence-corrected chi connectivity index (χ3v) is 3.57. The summed E-state index contributed by atoms with van der Waals surface area (Å²) < 4.78 is 40.3. The van der Waals surface area contributed by atoms with Crippen LogP contribution in [0.1, 0.15) is 24.5 Å². The molecule has 4 heteroatoms. The van der Waals surface area contributed by atoms with Crippen LogP contribution >= 0.6 is 0 Å². The Kier molecular flexibility index (Phi) is 4.14. The summed E-state index contributed by atoms with van der Waals surface area (Å²) >= 11 is 0. The third kappa shape index (κ3) is 2.85. The highest BCUT2D eigenvalue weighted by Gasteiger charge is 2.27. The number of hydrogen-bond donors (Lipinski definition) is 1. The van der Waals surface area contributed by atoms with Crippen molar-refractivity contribution in [1.82, 2.24) is 0 Å². The average molecular weight is 279 g/mol. The van der Waals surface area contributed by atoms with Crippen LogP contribution in [0.5, 0.6) is 0 Å². The van der Waals surface area contributed by atoms with Crippen LogP contribution in [-0.2, 0) is 12.0 Å². The highest BCUT2D eigenvalue weighted by Crippen LogP contribution is 2.28. The fourth-order valence-corrected chi connectivity index (χ4v) is 2.25. The lowest BCUT2D eigenvalue weighted by Gasteiger charge is -2.29. The summed E-state index contributed by atoms with van der Waals surface area (Å²) in [6, 6.07) is 9.91. The van der Waals surface area contributed by atoms with Crippen LogP contribution in [0.4, 0.5) is 13.2 Å². The molecule has 1 unspecified atom stereocenters. The topological polar surface area (TPSA) is 26.0 Å². The molecule has 0 amide bonds. The molecular formula is C16H16F3N. The Bertz CT molecular complexity index is 612. The Hall–Kier alpha value is -1.81. The molecule has 0 aliphatic carbocycles. The first-order valence-electron chi connectivity index (χ1n) is 6.44. The molecule has 0 aromatic heterocycles. The van der Waals surface area contributed by atoms with E-state index in [0.29, 0.717) is 12.0 Å². The molecule has 106 valence electrons. The van der Waals surface area contributed by atoms with E-state index in [2.05, 4.69) is 0 Å². The van der Waals surface area contributed by atoms with Crippen molar-refractivity contribution >= 4 is 0 Å². The zero-order chi connectivity index (χ0) is 14.8. The second kappa shape index (κ2) is 5.67. The minimum absolute atomic E-state index is 0.108. The normalized spacial score (nSPS) is 14.1. The van der Waals surface area contributed by atoms with Gasteiger partial charge in [0.05, 0.1) is 0 Å². The lowest BCUT2D eigenvalue weighted by atomic mass is 9.82. The van der Waals surface area contributed by atoms with Crippen LogP contribution in [0.3, 0.4) is 0 Å². The van der Waals surface area contributed by atoms with Gasteiger partial charge in [-0.15, -0.1) is 0 Å². The highest BCUT2D eigenvalue weighted by atomic mass is 19.2. The monoisotopic (exact) mass is 279 g/mol. The summed E-state index contributed by atoms with van der Waals surface area (Å²) in [5, 5.41) is 0.